The van der Waals surface area contributed by atoms with Crippen LogP contribution in [0.15, 0.2) is 54.7 Å². The van der Waals surface area contributed by atoms with Crippen molar-refractivity contribution in [3.8, 4) is 0 Å². The molecular weight excluding hydrogens is 237 g/mol. The SMILES string of the molecule is CCC(c1ccccc1)c1c[nH]c2cccc(F)c12. The highest BCUT2D eigenvalue weighted by molar-refractivity contribution is 5.84. The van der Waals surface area contributed by atoms with Crippen LogP contribution in [-0.2, 0) is 0 Å². The van der Waals surface area contributed by atoms with Crippen molar-refractivity contribution < 1.29 is 4.39 Å². The highest BCUT2D eigenvalue weighted by Gasteiger charge is 2.18. The molecule has 1 atom stereocenters. The molecule has 0 spiro atoms. The molecule has 2 aromatic carbocycles. The van der Waals surface area contributed by atoms with Gasteiger partial charge in [-0.25, -0.2) is 4.39 Å². The summed E-state index contributed by atoms with van der Waals surface area (Å²) in [6.07, 6.45) is 2.89. The average molecular weight is 253 g/mol. The van der Waals surface area contributed by atoms with Crippen LogP contribution >= 0.6 is 0 Å². The number of fused-ring (bicyclic) bond motifs is 1. The molecule has 0 radical (unpaired) electrons. The largest absolute Gasteiger partial charge is 0.361 e. The first-order valence-electron chi connectivity index (χ1n) is 6.61. The minimum absolute atomic E-state index is 0.150. The van der Waals surface area contributed by atoms with Gasteiger partial charge >= 0.3 is 0 Å². The number of hydrogen-bond donors (Lipinski definition) is 1. The molecule has 19 heavy (non-hydrogen) atoms. The molecule has 3 aromatic rings. The van der Waals surface area contributed by atoms with E-state index in [0.717, 1.165) is 22.9 Å². The fourth-order valence-corrected chi connectivity index (χ4v) is 2.76. The summed E-state index contributed by atoms with van der Waals surface area (Å²) in [6, 6.07) is 15.5. The fraction of sp³-hybridized carbons (Fsp3) is 0.176. The van der Waals surface area contributed by atoms with Crippen LogP contribution in [0.3, 0.4) is 0 Å². The summed E-state index contributed by atoms with van der Waals surface area (Å²) in [5.74, 6) is 0.0787. The number of aromatic amines is 1. The number of rotatable bonds is 3. The van der Waals surface area contributed by atoms with Crippen LogP contribution in [0.5, 0.6) is 0 Å². The maximum absolute atomic E-state index is 14.1. The summed E-state index contributed by atoms with van der Waals surface area (Å²) in [4.78, 5) is 3.17. The Labute approximate surface area is 112 Å². The molecule has 0 amide bonds. The minimum atomic E-state index is -0.150. The van der Waals surface area contributed by atoms with Crippen molar-refractivity contribution in [2.45, 2.75) is 19.3 Å². The van der Waals surface area contributed by atoms with Crippen LogP contribution in [0.25, 0.3) is 10.9 Å². The van der Waals surface area contributed by atoms with Crippen molar-refractivity contribution in [1.29, 1.82) is 0 Å². The predicted molar refractivity (Wildman–Crippen MR) is 76.8 cm³/mol. The monoisotopic (exact) mass is 253 g/mol. The lowest BCUT2D eigenvalue weighted by Gasteiger charge is -2.15. The molecule has 0 fully saturated rings. The van der Waals surface area contributed by atoms with E-state index in [9.17, 15) is 4.39 Å². The molecule has 0 bridgehead atoms. The molecule has 96 valence electrons. The van der Waals surface area contributed by atoms with Crippen LogP contribution < -0.4 is 0 Å². The first kappa shape index (κ1) is 12.0. The maximum atomic E-state index is 14.1. The second-order valence-corrected chi connectivity index (χ2v) is 4.78. The van der Waals surface area contributed by atoms with Gasteiger partial charge in [-0.2, -0.15) is 0 Å². The Kier molecular flexibility index (Phi) is 3.08. The Morgan fingerprint density at radius 1 is 1.05 bits per heavy atom. The van der Waals surface area contributed by atoms with Crippen LogP contribution in [0.1, 0.15) is 30.4 Å². The number of aromatic nitrogens is 1. The van der Waals surface area contributed by atoms with Gasteiger partial charge in [0.2, 0.25) is 0 Å². The Balaban J connectivity index is 2.17. The van der Waals surface area contributed by atoms with E-state index in [1.807, 2.05) is 30.5 Å². The predicted octanol–water partition coefficient (Wildman–Crippen LogP) is 4.85. The Morgan fingerprint density at radius 3 is 2.58 bits per heavy atom. The molecule has 0 saturated carbocycles. The van der Waals surface area contributed by atoms with Crippen molar-refractivity contribution in [1.82, 2.24) is 4.98 Å². The molecule has 1 nitrogen and oxygen atoms in total. The van der Waals surface area contributed by atoms with E-state index in [1.165, 1.54) is 11.6 Å². The molecule has 1 unspecified atom stereocenters. The standard InChI is InChI=1S/C17H16FN/c1-2-13(12-7-4-3-5-8-12)14-11-19-16-10-6-9-15(18)17(14)16/h3-11,13,19H,2H2,1H3. The van der Waals surface area contributed by atoms with E-state index in [2.05, 4.69) is 24.0 Å². The van der Waals surface area contributed by atoms with Gasteiger partial charge in [0.05, 0.1) is 0 Å². The second-order valence-electron chi connectivity index (χ2n) is 4.78. The van der Waals surface area contributed by atoms with Crippen molar-refractivity contribution in [2.75, 3.05) is 0 Å². The number of H-pyrrole nitrogens is 1. The van der Waals surface area contributed by atoms with Gasteiger partial charge in [-0.1, -0.05) is 43.3 Å². The lowest BCUT2D eigenvalue weighted by molar-refractivity contribution is 0.637. The van der Waals surface area contributed by atoms with Gasteiger partial charge in [0, 0.05) is 23.0 Å². The van der Waals surface area contributed by atoms with E-state index in [1.54, 1.807) is 6.07 Å². The van der Waals surface area contributed by atoms with Crippen LogP contribution in [0, 0.1) is 5.82 Å². The van der Waals surface area contributed by atoms with Crippen molar-refractivity contribution in [3.05, 3.63) is 71.7 Å². The Hall–Kier alpha value is -2.09. The normalized spacial score (nSPS) is 12.7. The third-order valence-corrected chi connectivity index (χ3v) is 3.67. The first-order valence-corrected chi connectivity index (χ1v) is 6.61. The molecule has 1 N–H and O–H groups in total. The number of hydrogen-bond acceptors (Lipinski definition) is 0. The molecule has 2 heteroatoms. The lowest BCUT2D eigenvalue weighted by Crippen LogP contribution is -1.99. The van der Waals surface area contributed by atoms with E-state index in [0.29, 0.717) is 0 Å². The molecule has 0 aliphatic carbocycles. The fourth-order valence-electron chi connectivity index (χ4n) is 2.76. The average Bonchev–Trinajstić information content (AvgIpc) is 2.86. The maximum Gasteiger partial charge on any atom is 0.132 e. The number of nitrogens with one attached hydrogen (secondary N) is 1. The molecule has 0 aliphatic heterocycles. The molecule has 1 heterocycles. The summed E-state index contributed by atoms with van der Waals surface area (Å²) >= 11 is 0. The van der Waals surface area contributed by atoms with E-state index < -0.39 is 0 Å². The van der Waals surface area contributed by atoms with Gasteiger partial charge in [0.15, 0.2) is 0 Å². The quantitative estimate of drug-likeness (QED) is 0.686. The second kappa shape index (κ2) is 4.88. The molecule has 0 aliphatic rings. The first-order chi connectivity index (χ1) is 9.31. The van der Waals surface area contributed by atoms with Crippen LogP contribution in [-0.4, -0.2) is 4.98 Å². The Morgan fingerprint density at radius 2 is 1.84 bits per heavy atom. The number of benzene rings is 2. The summed E-state index contributed by atoms with van der Waals surface area (Å²) in [5, 5.41) is 0.721. The highest BCUT2D eigenvalue weighted by atomic mass is 19.1. The van der Waals surface area contributed by atoms with Gasteiger partial charge in [-0.05, 0) is 29.7 Å². The van der Waals surface area contributed by atoms with Gasteiger partial charge in [0.1, 0.15) is 5.82 Å². The van der Waals surface area contributed by atoms with Gasteiger partial charge in [-0.15, -0.1) is 0 Å². The minimum Gasteiger partial charge on any atom is -0.361 e. The van der Waals surface area contributed by atoms with E-state index >= 15 is 0 Å². The highest BCUT2D eigenvalue weighted by Crippen LogP contribution is 2.34. The topological polar surface area (TPSA) is 15.8 Å². The van der Waals surface area contributed by atoms with Gasteiger partial charge in [-0.3, -0.25) is 0 Å². The smallest absolute Gasteiger partial charge is 0.132 e. The van der Waals surface area contributed by atoms with Gasteiger partial charge in [0.25, 0.3) is 0 Å². The summed E-state index contributed by atoms with van der Waals surface area (Å²) in [6.45, 7) is 2.14. The zero-order valence-electron chi connectivity index (χ0n) is 10.9. The Bertz CT molecular complexity index is 685. The number of halogens is 1. The van der Waals surface area contributed by atoms with Crippen molar-refractivity contribution >= 4 is 10.9 Å². The van der Waals surface area contributed by atoms with Crippen LogP contribution in [0.4, 0.5) is 4.39 Å². The summed E-state index contributed by atoms with van der Waals surface area (Å²) in [7, 11) is 0. The molecule has 3 rings (SSSR count). The van der Waals surface area contributed by atoms with Crippen LogP contribution in [0.2, 0.25) is 0 Å². The summed E-state index contributed by atoms with van der Waals surface area (Å²) < 4.78 is 14.1. The molecule has 0 saturated heterocycles. The van der Waals surface area contributed by atoms with E-state index in [-0.39, 0.29) is 11.7 Å². The zero-order valence-corrected chi connectivity index (χ0v) is 10.9. The molecule has 1 aromatic heterocycles. The van der Waals surface area contributed by atoms with Gasteiger partial charge < -0.3 is 4.98 Å². The lowest BCUT2D eigenvalue weighted by atomic mass is 9.89. The molecular formula is C17H16FN. The van der Waals surface area contributed by atoms with E-state index in [4.69, 9.17) is 0 Å². The van der Waals surface area contributed by atoms with Crippen molar-refractivity contribution in [2.24, 2.45) is 0 Å². The zero-order chi connectivity index (χ0) is 13.2. The van der Waals surface area contributed by atoms with Crippen molar-refractivity contribution in [3.63, 3.8) is 0 Å². The summed E-state index contributed by atoms with van der Waals surface area (Å²) in [5.41, 5.74) is 3.14. The third-order valence-electron chi connectivity index (χ3n) is 3.67. The third kappa shape index (κ3) is 2.03.